The molecule has 1 aliphatic heterocycles. The average Bonchev–Trinajstić information content (AvgIpc) is 2.62. The summed E-state index contributed by atoms with van der Waals surface area (Å²) in [6, 6.07) is 7.95. The van der Waals surface area contributed by atoms with Crippen molar-refractivity contribution in [2.75, 3.05) is 26.2 Å². The second kappa shape index (κ2) is 7.57. The number of likely N-dealkylation sites (tertiary alicyclic amines) is 1. The minimum atomic E-state index is -0.446. The summed E-state index contributed by atoms with van der Waals surface area (Å²) < 4.78 is 13.8. The highest BCUT2D eigenvalue weighted by molar-refractivity contribution is 5.94. The molecule has 1 aromatic heterocycles. The topological polar surface area (TPSA) is 88.3 Å². The molecule has 3 rings (SSSR count). The number of amides is 2. The molecule has 0 aliphatic carbocycles. The SMILES string of the molecule is NC(=O)[C@@H]1CCCN(CCNC(=O)c2ccc3cccc(F)c3n2)C1. The summed E-state index contributed by atoms with van der Waals surface area (Å²) in [5.41, 5.74) is 5.74. The fourth-order valence-corrected chi connectivity index (χ4v) is 3.15. The number of benzene rings is 1. The van der Waals surface area contributed by atoms with Crippen molar-refractivity contribution in [1.82, 2.24) is 15.2 Å². The standard InChI is InChI=1S/C18H21FN4O2/c19-14-5-1-3-12-6-7-15(22-16(12)14)18(25)21-8-10-23-9-2-4-13(11-23)17(20)24/h1,3,5-7,13H,2,4,8-11H2,(H2,20,24)(H,21,25)/t13-/m1/s1. The number of piperidine rings is 1. The molecular weight excluding hydrogens is 323 g/mol. The van der Waals surface area contributed by atoms with Gasteiger partial charge in [0.15, 0.2) is 0 Å². The number of para-hydroxylation sites is 1. The summed E-state index contributed by atoms with van der Waals surface area (Å²) in [4.78, 5) is 29.7. The van der Waals surface area contributed by atoms with Crippen LogP contribution in [0.2, 0.25) is 0 Å². The predicted molar refractivity (Wildman–Crippen MR) is 92.4 cm³/mol. The van der Waals surface area contributed by atoms with Gasteiger partial charge >= 0.3 is 0 Å². The van der Waals surface area contributed by atoms with E-state index in [0.29, 0.717) is 25.0 Å². The molecule has 6 nitrogen and oxygen atoms in total. The zero-order valence-electron chi connectivity index (χ0n) is 13.9. The second-order valence-electron chi connectivity index (χ2n) is 6.31. The van der Waals surface area contributed by atoms with E-state index in [4.69, 9.17) is 5.73 Å². The van der Waals surface area contributed by atoms with Crippen LogP contribution in [0.4, 0.5) is 4.39 Å². The average molecular weight is 344 g/mol. The van der Waals surface area contributed by atoms with Crippen LogP contribution in [0.3, 0.4) is 0 Å². The lowest BCUT2D eigenvalue weighted by molar-refractivity contribution is -0.123. The number of rotatable bonds is 5. The molecule has 2 amide bonds. The van der Waals surface area contributed by atoms with Gasteiger partial charge in [0.2, 0.25) is 5.91 Å². The van der Waals surface area contributed by atoms with Gasteiger partial charge in [-0.3, -0.25) is 9.59 Å². The summed E-state index contributed by atoms with van der Waals surface area (Å²) in [7, 11) is 0. The molecule has 7 heteroatoms. The van der Waals surface area contributed by atoms with E-state index in [-0.39, 0.29) is 28.9 Å². The first kappa shape index (κ1) is 17.3. The van der Waals surface area contributed by atoms with E-state index in [9.17, 15) is 14.0 Å². The first-order chi connectivity index (χ1) is 12.0. The Kier molecular flexibility index (Phi) is 5.23. The lowest BCUT2D eigenvalue weighted by atomic mass is 9.97. The molecule has 1 atom stereocenters. The third-order valence-corrected chi connectivity index (χ3v) is 4.53. The monoisotopic (exact) mass is 344 g/mol. The fraction of sp³-hybridized carbons (Fsp3) is 0.389. The molecule has 0 unspecified atom stereocenters. The molecule has 1 aliphatic rings. The summed E-state index contributed by atoms with van der Waals surface area (Å²) in [5, 5.41) is 3.45. The van der Waals surface area contributed by atoms with E-state index in [1.807, 2.05) is 0 Å². The zero-order chi connectivity index (χ0) is 17.8. The molecule has 2 aromatic rings. The van der Waals surface area contributed by atoms with Crippen LogP contribution in [0.1, 0.15) is 23.3 Å². The Labute approximate surface area is 145 Å². The molecule has 1 fully saturated rings. The van der Waals surface area contributed by atoms with Gasteiger partial charge in [-0.25, -0.2) is 9.37 Å². The van der Waals surface area contributed by atoms with Crippen LogP contribution in [0.5, 0.6) is 0 Å². The third kappa shape index (κ3) is 4.11. The largest absolute Gasteiger partial charge is 0.369 e. The van der Waals surface area contributed by atoms with Crippen molar-refractivity contribution >= 4 is 22.7 Å². The Balaban J connectivity index is 1.56. The van der Waals surface area contributed by atoms with Crippen LogP contribution in [0.25, 0.3) is 10.9 Å². The Hall–Kier alpha value is -2.54. The number of hydrogen-bond acceptors (Lipinski definition) is 4. The minimum Gasteiger partial charge on any atom is -0.369 e. The maximum atomic E-state index is 13.8. The molecular formula is C18H21FN4O2. The van der Waals surface area contributed by atoms with Crippen molar-refractivity contribution in [1.29, 1.82) is 0 Å². The molecule has 2 heterocycles. The molecule has 0 radical (unpaired) electrons. The van der Waals surface area contributed by atoms with Gasteiger partial charge in [0.25, 0.3) is 5.91 Å². The van der Waals surface area contributed by atoms with Gasteiger partial charge < -0.3 is 16.0 Å². The smallest absolute Gasteiger partial charge is 0.269 e. The predicted octanol–water partition coefficient (Wildman–Crippen LogP) is 1.30. The Bertz CT molecular complexity index is 796. The molecule has 132 valence electrons. The number of halogens is 1. The molecule has 0 spiro atoms. The van der Waals surface area contributed by atoms with Crippen LogP contribution >= 0.6 is 0 Å². The van der Waals surface area contributed by atoms with Crippen LogP contribution in [-0.4, -0.2) is 47.9 Å². The lowest BCUT2D eigenvalue weighted by Gasteiger charge is -2.31. The van der Waals surface area contributed by atoms with Crippen molar-refractivity contribution in [2.24, 2.45) is 11.7 Å². The fourth-order valence-electron chi connectivity index (χ4n) is 3.15. The number of primary amides is 1. The van der Waals surface area contributed by atoms with E-state index in [1.165, 1.54) is 6.07 Å². The molecule has 0 bridgehead atoms. The van der Waals surface area contributed by atoms with Crippen LogP contribution in [0, 0.1) is 11.7 Å². The first-order valence-corrected chi connectivity index (χ1v) is 8.40. The summed E-state index contributed by atoms with van der Waals surface area (Å²) >= 11 is 0. The van der Waals surface area contributed by atoms with Crippen molar-refractivity contribution in [3.05, 3.63) is 41.8 Å². The highest BCUT2D eigenvalue weighted by Gasteiger charge is 2.23. The number of hydrogen-bond donors (Lipinski definition) is 2. The zero-order valence-corrected chi connectivity index (χ0v) is 13.9. The molecule has 25 heavy (non-hydrogen) atoms. The lowest BCUT2D eigenvalue weighted by Crippen LogP contribution is -2.44. The number of fused-ring (bicyclic) bond motifs is 1. The third-order valence-electron chi connectivity index (χ3n) is 4.53. The van der Waals surface area contributed by atoms with E-state index in [1.54, 1.807) is 24.3 Å². The van der Waals surface area contributed by atoms with Gasteiger partial charge in [-0.15, -0.1) is 0 Å². The summed E-state index contributed by atoms with van der Waals surface area (Å²) in [5.74, 6) is -1.17. The number of pyridine rings is 1. The normalized spacial score (nSPS) is 18.2. The number of aromatic nitrogens is 1. The van der Waals surface area contributed by atoms with Gasteiger partial charge in [0.05, 0.1) is 5.92 Å². The van der Waals surface area contributed by atoms with Crippen LogP contribution < -0.4 is 11.1 Å². The van der Waals surface area contributed by atoms with E-state index >= 15 is 0 Å². The first-order valence-electron chi connectivity index (χ1n) is 8.40. The van der Waals surface area contributed by atoms with Crippen molar-refractivity contribution in [2.45, 2.75) is 12.8 Å². The summed E-state index contributed by atoms with van der Waals surface area (Å²) in [6.45, 7) is 2.59. The Morgan fingerprint density at radius 1 is 1.32 bits per heavy atom. The Morgan fingerprint density at radius 2 is 2.16 bits per heavy atom. The molecule has 3 N–H and O–H groups in total. The van der Waals surface area contributed by atoms with Crippen LogP contribution in [0.15, 0.2) is 30.3 Å². The van der Waals surface area contributed by atoms with Gasteiger partial charge in [0.1, 0.15) is 17.0 Å². The number of nitrogens with zero attached hydrogens (tertiary/aromatic N) is 2. The van der Waals surface area contributed by atoms with Crippen molar-refractivity contribution in [3.8, 4) is 0 Å². The van der Waals surface area contributed by atoms with Crippen molar-refractivity contribution in [3.63, 3.8) is 0 Å². The van der Waals surface area contributed by atoms with E-state index in [0.717, 1.165) is 19.4 Å². The molecule has 1 aromatic carbocycles. The number of carbonyl (C=O) groups is 2. The molecule has 0 saturated carbocycles. The van der Waals surface area contributed by atoms with Gasteiger partial charge in [-0.1, -0.05) is 18.2 Å². The maximum Gasteiger partial charge on any atom is 0.269 e. The highest BCUT2D eigenvalue weighted by atomic mass is 19.1. The highest BCUT2D eigenvalue weighted by Crippen LogP contribution is 2.16. The van der Waals surface area contributed by atoms with Crippen molar-refractivity contribution < 1.29 is 14.0 Å². The van der Waals surface area contributed by atoms with E-state index < -0.39 is 5.82 Å². The van der Waals surface area contributed by atoms with Gasteiger partial charge in [-0.2, -0.15) is 0 Å². The molecule has 1 saturated heterocycles. The minimum absolute atomic E-state index is 0.116. The second-order valence-corrected chi connectivity index (χ2v) is 6.31. The number of nitrogens with one attached hydrogen (secondary N) is 1. The Morgan fingerprint density at radius 3 is 2.96 bits per heavy atom. The van der Waals surface area contributed by atoms with Gasteiger partial charge in [0, 0.05) is 25.0 Å². The number of carbonyl (C=O) groups excluding carboxylic acids is 2. The number of nitrogens with two attached hydrogens (primary N) is 1. The van der Waals surface area contributed by atoms with Crippen LogP contribution in [-0.2, 0) is 4.79 Å². The summed E-state index contributed by atoms with van der Waals surface area (Å²) in [6.07, 6.45) is 1.75. The van der Waals surface area contributed by atoms with Gasteiger partial charge in [-0.05, 0) is 31.5 Å². The quantitative estimate of drug-likeness (QED) is 0.856. The van der Waals surface area contributed by atoms with E-state index in [2.05, 4.69) is 15.2 Å². The maximum absolute atomic E-state index is 13.8.